The Morgan fingerprint density at radius 1 is 0.950 bits per heavy atom. The van der Waals surface area contributed by atoms with E-state index in [0.29, 0.717) is 0 Å². The standard InChI is InChI=1S/C17H13N3/c1-20-11-14(13-7-3-5-9-16(13)20)17-18-10-12-6-2-4-8-15(12)19-17/h2-11H,1H3. The molecule has 0 unspecified atom stereocenters. The van der Waals surface area contributed by atoms with Gasteiger partial charge in [0.2, 0.25) is 0 Å². The lowest BCUT2D eigenvalue weighted by Gasteiger charge is -2.00. The molecule has 4 aromatic rings. The molecule has 2 aromatic carbocycles. The molecule has 0 amide bonds. The molecule has 0 radical (unpaired) electrons. The summed E-state index contributed by atoms with van der Waals surface area (Å²) in [5, 5.41) is 2.25. The Balaban J connectivity index is 2.01. The van der Waals surface area contributed by atoms with E-state index in [0.717, 1.165) is 22.3 Å². The molecule has 96 valence electrons. The van der Waals surface area contributed by atoms with Gasteiger partial charge in [-0.2, -0.15) is 0 Å². The largest absolute Gasteiger partial charge is 0.350 e. The quantitative estimate of drug-likeness (QED) is 0.520. The summed E-state index contributed by atoms with van der Waals surface area (Å²) in [4.78, 5) is 9.20. The highest BCUT2D eigenvalue weighted by Crippen LogP contribution is 2.28. The monoisotopic (exact) mass is 259 g/mol. The lowest BCUT2D eigenvalue weighted by Crippen LogP contribution is -1.89. The van der Waals surface area contributed by atoms with E-state index in [1.54, 1.807) is 0 Å². The second-order valence-corrected chi connectivity index (χ2v) is 4.92. The maximum absolute atomic E-state index is 4.68. The van der Waals surface area contributed by atoms with Crippen molar-refractivity contribution < 1.29 is 0 Å². The second-order valence-electron chi connectivity index (χ2n) is 4.92. The normalized spacial score (nSPS) is 11.2. The zero-order chi connectivity index (χ0) is 13.5. The lowest BCUT2D eigenvalue weighted by molar-refractivity contribution is 0.968. The Labute approximate surface area is 116 Å². The first-order valence-electron chi connectivity index (χ1n) is 6.59. The predicted octanol–water partition coefficient (Wildman–Crippen LogP) is 3.79. The highest BCUT2D eigenvalue weighted by Gasteiger charge is 2.10. The van der Waals surface area contributed by atoms with Crippen molar-refractivity contribution in [3.05, 3.63) is 60.9 Å². The Hall–Kier alpha value is -2.68. The zero-order valence-electron chi connectivity index (χ0n) is 11.1. The van der Waals surface area contributed by atoms with Crippen molar-refractivity contribution in [2.24, 2.45) is 7.05 Å². The fourth-order valence-corrected chi connectivity index (χ4v) is 2.62. The van der Waals surface area contributed by atoms with Gasteiger partial charge in [0, 0.05) is 41.3 Å². The van der Waals surface area contributed by atoms with Gasteiger partial charge in [-0.25, -0.2) is 9.97 Å². The van der Waals surface area contributed by atoms with E-state index in [2.05, 4.69) is 32.9 Å². The summed E-state index contributed by atoms with van der Waals surface area (Å²) in [5.74, 6) is 0.778. The third-order valence-corrected chi connectivity index (χ3v) is 3.63. The number of fused-ring (bicyclic) bond motifs is 2. The number of para-hydroxylation sites is 2. The summed E-state index contributed by atoms with van der Waals surface area (Å²) in [6, 6.07) is 16.4. The van der Waals surface area contributed by atoms with E-state index in [9.17, 15) is 0 Å². The van der Waals surface area contributed by atoms with E-state index in [-0.39, 0.29) is 0 Å². The Bertz CT molecular complexity index is 922. The molecule has 2 aromatic heterocycles. The molecular weight excluding hydrogens is 246 g/mol. The van der Waals surface area contributed by atoms with Gasteiger partial charge in [-0.15, -0.1) is 0 Å². The average Bonchev–Trinajstić information content (AvgIpc) is 2.85. The van der Waals surface area contributed by atoms with E-state index in [1.807, 2.05) is 49.6 Å². The van der Waals surface area contributed by atoms with Gasteiger partial charge >= 0.3 is 0 Å². The number of aryl methyl sites for hydroxylation is 1. The van der Waals surface area contributed by atoms with Crippen molar-refractivity contribution in [2.75, 3.05) is 0 Å². The van der Waals surface area contributed by atoms with E-state index in [4.69, 9.17) is 0 Å². The molecule has 20 heavy (non-hydrogen) atoms. The molecule has 0 spiro atoms. The van der Waals surface area contributed by atoms with Crippen LogP contribution in [0.3, 0.4) is 0 Å². The van der Waals surface area contributed by atoms with Gasteiger partial charge < -0.3 is 4.57 Å². The third kappa shape index (κ3) is 1.60. The first kappa shape index (κ1) is 11.2. The summed E-state index contributed by atoms with van der Waals surface area (Å²) in [7, 11) is 2.05. The molecule has 0 fully saturated rings. The number of hydrogen-bond acceptors (Lipinski definition) is 2. The molecule has 4 rings (SSSR count). The molecule has 2 heterocycles. The maximum Gasteiger partial charge on any atom is 0.161 e. The first-order chi connectivity index (χ1) is 9.83. The molecule has 0 saturated heterocycles. The minimum absolute atomic E-state index is 0.778. The van der Waals surface area contributed by atoms with Crippen LogP contribution < -0.4 is 0 Å². The van der Waals surface area contributed by atoms with Gasteiger partial charge in [0.25, 0.3) is 0 Å². The van der Waals surface area contributed by atoms with Crippen LogP contribution >= 0.6 is 0 Å². The van der Waals surface area contributed by atoms with Gasteiger partial charge in [0.15, 0.2) is 5.82 Å². The summed E-state index contributed by atoms with van der Waals surface area (Å²) in [5.41, 5.74) is 3.25. The molecule has 0 saturated carbocycles. The molecule has 0 aliphatic carbocycles. The third-order valence-electron chi connectivity index (χ3n) is 3.63. The number of nitrogens with zero attached hydrogens (tertiary/aromatic N) is 3. The van der Waals surface area contributed by atoms with Crippen molar-refractivity contribution in [1.82, 2.24) is 14.5 Å². The van der Waals surface area contributed by atoms with Crippen molar-refractivity contribution in [3.8, 4) is 11.4 Å². The van der Waals surface area contributed by atoms with Gasteiger partial charge in [0.05, 0.1) is 5.52 Å². The first-order valence-corrected chi connectivity index (χ1v) is 6.59. The van der Waals surface area contributed by atoms with Crippen LogP contribution in [0.2, 0.25) is 0 Å². The highest BCUT2D eigenvalue weighted by atomic mass is 14.9. The van der Waals surface area contributed by atoms with Crippen LogP contribution in [0.1, 0.15) is 0 Å². The SMILES string of the molecule is Cn1cc(-c2ncc3ccccc3n2)c2ccccc21. The Morgan fingerprint density at radius 3 is 2.70 bits per heavy atom. The van der Waals surface area contributed by atoms with Gasteiger partial charge in [-0.3, -0.25) is 0 Å². The van der Waals surface area contributed by atoms with Crippen molar-refractivity contribution >= 4 is 21.8 Å². The molecule has 0 aliphatic rings. The van der Waals surface area contributed by atoms with Crippen LogP contribution in [0.25, 0.3) is 33.2 Å². The fourth-order valence-electron chi connectivity index (χ4n) is 2.62. The van der Waals surface area contributed by atoms with Gasteiger partial charge in [-0.1, -0.05) is 36.4 Å². The van der Waals surface area contributed by atoms with Gasteiger partial charge in [-0.05, 0) is 12.1 Å². The van der Waals surface area contributed by atoms with E-state index in [1.165, 1.54) is 10.9 Å². The van der Waals surface area contributed by atoms with E-state index >= 15 is 0 Å². The van der Waals surface area contributed by atoms with Crippen molar-refractivity contribution in [3.63, 3.8) is 0 Å². The fraction of sp³-hybridized carbons (Fsp3) is 0.0588. The van der Waals surface area contributed by atoms with Crippen LogP contribution in [-0.2, 0) is 7.05 Å². The summed E-state index contributed by atoms with van der Waals surface area (Å²) in [6.07, 6.45) is 3.98. The van der Waals surface area contributed by atoms with Gasteiger partial charge in [0.1, 0.15) is 0 Å². The Morgan fingerprint density at radius 2 is 1.75 bits per heavy atom. The Kier molecular flexibility index (Phi) is 2.33. The molecule has 0 aliphatic heterocycles. The van der Waals surface area contributed by atoms with Crippen LogP contribution in [-0.4, -0.2) is 14.5 Å². The van der Waals surface area contributed by atoms with Crippen LogP contribution in [0.4, 0.5) is 0 Å². The number of benzene rings is 2. The van der Waals surface area contributed by atoms with Crippen molar-refractivity contribution in [1.29, 1.82) is 0 Å². The zero-order valence-corrected chi connectivity index (χ0v) is 11.1. The maximum atomic E-state index is 4.68. The average molecular weight is 259 g/mol. The summed E-state index contributed by atoms with van der Waals surface area (Å²) >= 11 is 0. The van der Waals surface area contributed by atoms with E-state index < -0.39 is 0 Å². The highest BCUT2D eigenvalue weighted by molar-refractivity contribution is 5.95. The van der Waals surface area contributed by atoms with Crippen molar-refractivity contribution in [2.45, 2.75) is 0 Å². The molecule has 0 N–H and O–H groups in total. The van der Waals surface area contributed by atoms with Crippen LogP contribution in [0.5, 0.6) is 0 Å². The molecule has 3 heteroatoms. The summed E-state index contributed by atoms with van der Waals surface area (Å²) in [6.45, 7) is 0. The number of hydrogen-bond donors (Lipinski definition) is 0. The lowest BCUT2D eigenvalue weighted by atomic mass is 10.1. The summed E-state index contributed by atoms with van der Waals surface area (Å²) < 4.78 is 2.11. The minimum Gasteiger partial charge on any atom is -0.350 e. The molecule has 0 bridgehead atoms. The molecular formula is C17H13N3. The second kappa shape index (κ2) is 4.17. The smallest absolute Gasteiger partial charge is 0.161 e. The molecule has 3 nitrogen and oxygen atoms in total. The van der Waals surface area contributed by atoms with Crippen LogP contribution in [0.15, 0.2) is 60.9 Å². The number of rotatable bonds is 1. The van der Waals surface area contributed by atoms with Crippen LogP contribution in [0, 0.1) is 0 Å². The number of aromatic nitrogens is 3. The molecule has 0 atom stereocenters. The minimum atomic E-state index is 0.778. The topological polar surface area (TPSA) is 30.7 Å². The predicted molar refractivity (Wildman–Crippen MR) is 81.5 cm³/mol.